The molecule has 0 aliphatic rings. The van der Waals surface area contributed by atoms with Crippen molar-refractivity contribution in [3.05, 3.63) is 0 Å². The number of Topliss-reactive ketones (excluding diaryl/α,β-unsaturated/α-hetero) is 1. The number of quaternary nitrogens is 1. The second-order valence-corrected chi connectivity index (χ2v) is 11.7. The van der Waals surface area contributed by atoms with Crippen molar-refractivity contribution in [1.82, 2.24) is 0 Å². The number of aliphatic hydroxyl groups is 2. The van der Waals surface area contributed by atoms with E-state index >= 15 is 0 Å². The predicted molar refractivity (Wildman–Crippen MR) is 132 cm³/mol. The zero-order chi connectivity index (χ0) is 25.4. The molecule has 0 aromatic heterocycles. The van der Waals surface area contributed by atoms with Gasteiger partial charge in [0.1, 0.15) is 13.2 Å². The number of phosphoric ester groups is 1. The molecule has 0 spiro atoms. The molecular formula is C24H51NO7P+. The van der Waals surface area contributed by atoms with E-state index in [0.717, 1.165) is 26.2 Å². The average Bonchev–Trinajstić information content (AvgIpc) is 2.69. The van der Waals surface area contributed by atoms with Crippen molar-refractivity contribution >= 4 is 13.6 Å². The molecule has 9 heteroatoms. The topological polar surface area (TPSA) is 113 Å². The molecular weight excluding hydrogens is 445 g/mol. The van der Waals surface area contributed by atoms with Gasteiger partial charge in [0.15, 0.2) is 11.4 Å². The summed E-state index contributed by atoms with van der Waals surface area (Å²) in [5.74, 6) is -0.621. The zero-order valence-electron chi connectivity index (χ0n) is 21.8. The third-order valence-electron chi connectivity index (χ3n) is 5.80. The standard InChI is InChI=1S/C24H50NO7P/c1-6-7-8-9-10-11-12-13-14-15-16-17-18-19-22(26)24(2,28)23(27)32-33(29,30)31-21-20-25(3,4)5/h23,27-28H,6-21H2,1-5H3/p+1. The highest BCUT2D eigenvalue weighted by Gasteiger charge is 2.42. The third-order valence-corrected chi connectivity index (χ3v) is 6.78. The maximum absolute atomic E-state index is 12.3. The molecule has 0 fully saturated rings. The fourth-order valence-electron chi connectivity index (χ4n) is 3.38. The lowest BCUT2D eigenvalue weighted by Gasteiger charge is -2.29. The Morgan fingerprint density at radius 3 is 1.76 bits per heavy atom. The predicted octanol–water partition coefficient (Wildman–Crippen LogP) is 4.95. The largest absolute Gasteiger partial charge is 0.474 e. The van der Waals surface area contributed by atoms with Gasteiger partial charge in [0.05, 0.1) is 21.1 Å². The molecule has 0 amide bonds. The van der Waals surface area contributed by atoms with Crippen LogP contribution in [0.3, 0.4) is 0 Å². The van der Waals surface area contributed by atoms with Crippen LogP contribution in [0.4, 0.5) is 0 Å². The third kappa shape index (κ3) is 17.7. The molecule has 0 saturated carbocycles. The van der Waals surface area contributed by atoms with Crippen LogP contribution in [-0.2, 0) is 18.4 Å². The van der Waals surface area contributed by atoms with E-state index in [-0.39, 0.29) is 13.0 Å². The fourth-order valence-corrected chi connectivity index (χ4v) is 4.21. The van der Waals surface area contributed by atoms with E-state index in [0.29, 0.717) is 17.4 Å². The maximum Gasteiger partial charge on any atom is 0.474 e. The van der Waals surface area contributed by atoms with Gasteiger partial charge in [0.25, 0.3) is 0 Å². The summed E-state index contributed by atoms with van der Waals surface area (Å²) < 4.78 is 21.9. The van der Waals surface area contributed by atoms with Gasteiger partial charge in [-0.1, -0.05) is 84.0 Å². The average molecular weight is 497 g/mol. The molecule has 0 aliphatic heterocycles. The van der Waals surface area contributed by atoms with E-state index in [1.165, 1.54) is 57.8 Å². The molecule has 0 aromatic carbocycles. The Kier molecular flexibility index (Phi) is 17.0. The molecule has 198 valence electrons. The minimum Gasteiger partial charge on any atom is -0.377 e. The van der Waals surface area contributed by atoms with E-state index < -0.39 is 25.5 Å². The van der Waals surface area contributed by atoms with Crippen molar-refractivity contribution < 1.29 is 38.0 Å². The van der Waals surface area contributed by atoms with Crippen LogP contribution in [0.2, 0.25) is 0 Å². The number of phosphoric acid groups is 1. The highest BCUT2D eigenvalue weighted by molar-refractivity contribution is 7.47. The number of unbranched alkanes of at least 4 members (excludes halogenated alkanes) is 12. The van der Waals surface area contributed by atoms with Gasteiger partial charge in [-0.2, -0.15) is 0 Å². The van der Waals surface area contributed by atoms with Gasteiger partial charge in [-0.15, -0.1) is 0 Å². The van der Waals surface area contributed by atoms with Crippen LogP contribution in [0.25, 0.3) is 0 Å². The first-order chi connectivity index (χ1) is 15.3. The van der Waals surface area contributed by atoms with E-state index in [1.54, 1.807) is 0 Å². The van der Waals surface area contributed by atoms with Crippen LogP contribution < -0.4 is 0 Å². The Balaban J connectivity index is 3.99. The van der Waals surface area contributed by atoms with Gasteiger partial charge in [-0.3, -0.25) is 13.8 Å². The highest BCUT2D eigenvalue weighted by atomic mass is 31.2. The number of likely N-dealkylation sites (N-methyl/N-ethyl adjacent to an activating group) is 1. The highest BCUT2D eigenvalue weighted by Crippen LogP contribution is 2.45. The maximum atomic E-state index is 12.3. The fraction of sp³-hybridized carbons (Fsp3) is 0.958. The summed E-state index contributed by atoms with van der Waals surface area (Å²) in [7, 11) is 1.07. The van der Waals surface area contributed by atoms with Crippen LogP contribution in [0.5, 0.6) is 0 Å². The Hall–Kier alpha value is -0.340. The van der Waals surface area contributed by atoms with Crippen LogP contribution in [0, 0.1) is 0 Å². The van der Waals surface area contributed by atoms with Gasteiger partial charge in [0, 0.05) is 6.42 Å². The van der Waals surface area contributed by atoms with E-state index in [2.05, 4.69) is 11.4 Å². The second kappa shape index (κ2) is 17.1. The molecule has 3 atom stereocenters. The molecule has 0 radical (unpaired) electrons. The SMILES string of the molecule is CCCCCCCCCCCCCCCC(=O)C(C)(O)C(O)OP(=O)(O)OCC[N+](C)(C)C. The lowest BCUT2D eigenvalue weighted by atomic mass is 9.95. The molecule has 33 heavy (non-hydrogen) atoms. The number of carbonyl (C=O) groups is 1. The summed E-state index contributed by atoms with van der Waals surface area (Å²) in [4.78, 5) is 22.1. The Bertz CT molecular complexity index is 564. The summed E-state index contributed by atoms with van der Waals surface area (Å²) in [5.41, 5.74) is -2.28. The first-order valence-corrected chi connectivity index (χ1v) is 14.2. The molecule has 3 N–H and O–H groups in total. The first-order valence-electron chi connectivity index (χ1n) is 12.7. The van der Waals surface area contributed by atoms with E-state index in [9.17, 15) is 24.5 Å². The Morgan fingerprint density at radius 2 is 1.33 bits per heavy atom. The quantitative estimate of drug-likeness (QED) is 0.0841. The van der Waals surface area contributed by atoms with Crippen LogP contribution in [0.15, 0.2) is 0 Å². The zero-order valence-corrected chi connectivity index (χ0v) is 22.7. The lowest BCUT2D eigenvalue weighted by Crippen LogP contribution is -2.47. The lowest BCUT2D eigenvalue weighted by molar-refractivity contribution is -0.870. The monoisotopic (exact) mass is 496 g/mol. The normalized spacial score (nSPS) is 16.8. The molecule has 0 aliphatic carbocycles. The minimum atomic E-state index is -4.60. The Labute approximate surface area is 201 Å². The molecule has 0 bridgehead atoms. The van der Waals surface area contributed by atoms with Gasteiger partial charge in [0.2, 0.25) is 6.29 Å². The van der Waals surface area contributed by atoms with Gasteiger partial charge in [-0.25, -0.2) is 4.57 Å². The van der Waals surface area contributed by atoms with Gasteiger partial charge >= 0.3 is 7.82 Å². The van der Waals surface area contributed by atoms with E-state index in [1.807, 2.05) is 21.1 Å². The number of nitrogens with zero attached hydrogens (tertiary/aromatic N) is 1. The molecule has 0 aromatic rings. The van der Waals surface area contributed by atoms with Gasteiger partial charge < -0.3 is 19.6 Å². The van der Waals surface area contributed by atoms with E-state index in [4.69, 9.17) is 4.52 Å². The summed E-state index contributed by atoms with van der Waals surface area (Å²) in [6, 6.07) is 0. The van der Waals surface area contributed by atoms with Crippen molar-refractivity contribution in [3.8, 4) is 0 Å². The summed E-state index contributed by atoms with van der Waals surface area (Å²) in [5, 5.41) is 20.4. The summed E-state index contributed by atoms with van der Waals surface area (Å²) in [6.07, 6.45) is 13.3. The number of ketones is 1. The number of aliphatic hydroxyl groups excluding tert-OH is 1. The van der Waals surface area contributed by atoms with Crippen molar-refractivity contribution in [1.29, 1.82) is 0 Å². The molecule has 0 saturated heterocycles. The van der Waals surface area contributed by atoms with Crippen molar-refractivity contribution in [2.75, 3.05) is 34.3 Å². The number of hydrogen-bond donors (Lipinski definition) is 3. The first kappa shape index (κ1) is 32.7. The summed E-state index contributed by atoms with van der Waals surface area (Å²) >= 11 is 0. The number of carbonyl (C=O) groups excluding carboxylic acids is 1. The van der Waals surface area contributed by atoms with Crippen LogP contribution in [0.1, 0.15) is 104 Å². The molecule has 8 nitrogen and oxygen atoms in total. The molecule has 0 heterocycles. The van der Waals surface area contributed by atoms with Gasteiger partial charge in [-0.05, 0) is 13.3 Å². The summed E-state index contributed by atoms with van der Waals surface area (Å²) in [6.45, 7) is 3.70. The van der Waals surface area contributed by atoms with Crippen molar-refractivity contribution in [3.63, 3.8) is 0 Å². The Morgan fingerprint density at radius 1 is 0.909 bits per heavy atom. The molecule has 0 rings (SSSR count). The minimum absolute atomic E-state index is 0.0704. The van der Waals surface area contributed by atoms with Crippen LogP contribution >= 0.6 is 7.82 Å². The van der Waals surface area contributed by atoms with Crippen LogP contribution in [-0.4, -0.2) is 71.6 Å². The van der Waals surface area contributed by atoms with Crippen molar-refractivity contribution in [2.45, 2.75) is 116 Å². The number of rotatable bonds is 22. The number of hydrogen-bond acceptors (Lipinski definition) is 6. The smallest absolute Gasteiger partial charge is 0.377 e. The van der Waals surface area contributed by atoms with Crippen molar-refractivity contribution in [2.24, 2.45) is 0 Å². The molecule has 3 unspecified atom stereocenters. The second-order valence-electron chi connectivity index (χ2n) is 10.3.